The first-order valence-electron chi connectivity index (χ1n) is 6.80. The molecule has 102 valence electrons. The van der Waals surface area contributed by atoms with Crippen LogP contribution in [0.25, 0.3) is 0 Å². The highest BCUT2D eigenvalue weighted by atomic mass is 32.2. The van der Waals surface area contributed by atoms with Crippen LogP contribution in [0.2, 0.25) is 0 Å². The fraction of sp³-hybridized carbons (Fsp3) is 0.400. The molecule has 0 unspecified atom stereocenters. The van der Waals surface area contributed by atoms with E-state index in [9.17, 15) is 0 Å². The van der Waals surface area contributed by atoms with Crippen LogP contribution in [-0.4, -0.2) is 15.5 Å². The molecule has 0 aliphatic rings. The smallest absolute Gasteiger partial charge is 0.0539 e. The lowest BCUT2D eigenvalue weighted by Gasteiger charge is -2.09. The molecule has 0 saturated heterocycles. The number of anilines is 1. The molecule has 1 N–H and O–H groups in total. The van der Waals surface area contributed by atoms with Crippen molar-refractivity contribution < 1.29 is 0 Å². The first-order valence-corrected chi connectivity index (χ1v) is 7.79. The molecule has 1 aromatic heterocycles. The SMILES string of the molecule is CCCn1cc(CNc2ccccc2SCC)cn1. The van der Waals surface area contributed by atoms with E-state index in [0.717, 1.165) is 25.3 Å². The van der Waals surface area contributed by atoms with Crippen LogP contribution in [-0.2, 0) is 13.1 Å². The third-order valence-electron chi connectivity index (χ3n) is 2.81. The Labute approximate surface area is 119 Å². The average molecular weight is 275 g/mol. The second kappa shape index (κ2) is 7.24. The van der Waals surface area contributed by atoms with Crippen LogP contribution in [0, 0.1) is 0 Å². The van der Waals surface area contributed by atoms with E-state index < -0.39 is 0 Å². The van der Waals surface area contributed by atoms with Crippen LogP contribution in [0.5, 0.6) is 0 Å². The van der Waals surface area contributed by atoms with Crippen LogP contribution < -0.4 is 5.32 Å². The van der Waals surface area contributed by atoms with Crippen LogP contribution in [0.15, 0.2) is 41.6 Å². The minimum Gasteiger partial charge on any atom is -0.380 e. The largest absolute Gasteiger partial charge is 0.380 e. The molecule has 0 aliphatic heterocycles. The summed E-state index contributed by atoms with van der Waals surface area (Å²) in [6, 6.07) is 8.45. The van der Waals surface area contributed by atoms with E-state index in [1.807, 2.05) is 22.6 Å². The van der Waals surface area contributed by atoms with Gasteiger partial charge in [0.05, 0.1) is 6.20 Å². The summed E-state index contributed by atoms with van der Waals surface area (Å²) < 4.78 is 2.00. The first kappa shape index (κ1) is 14.0. The Hall–Kier alpha value is -1.42. The molecule has 0 fully saturated rings. The lowest BCUT2D eigenvalue weighted by molar-refractivity contribution is 0.602. The molecule has 0 atom stereocenters. The molecule has 0 radical (unpaired) electrons. The predicted octanol–water partition coefficient (Wildman–Crippen LogP) is 4.02. The third-order valence-corrected chi connectivity index (χ3v) is 3.76. The van der Waals surface area contributed by atoms with Crippen molar-refractivity contribution >= 4 is 17.4 Å². The number of benzene rings is 1. The fourth-order valence-corrected chi connectivity index (χ4v) is 2.72. The van der Waals surface area contributed by atoms with Gasteiger partial charge in [0.1, 0.15) is 0 Å². The van der Waals surface area contributed by atoms with Gasteiger partial charge in [-0.2, -0.15) is 5.10 Å². The summed E-state index contributed by atoms with van der Waals surface area (Å²) >= 11 is 1.87. The van der Waals surface area contributed by atoms with Gasteiger partial charge in [0.15, 0.2) is 0 Å². The van der Waals surface area contributed by atoms with E-state index in [2.05, 4.69) is 54.7 Å². The minimum atomic E-state index is 0.824. The molecular formula is C15H21N3S. The van der Waals surface area contributed by atoms with Gasteiger partial charge >= 0.3 is 0 Å². The molecule has 1 heterocycles. The van der Waals surface area contributed by atoms with Crippen LogP contribution in [0.3, 0.4) is 0 Å². The molecule has 0 saturated carbocycles. The number of nitrogens with zero attached hydrogens (tertiary/aromatic N) is 2. The Morgan fingerprint density at radius 2 is 2.11 bits per heavy atom. The topological polar surface area (TPSA) is 29.9 Å². The highest BCUT2D eigenvalue weighted by molar-refractivity contribution is 7.99. The van der Waals surface area contributed by atoms with Gasteiger partial charge in [-0.15, -0.1) is 11.8 Å². The molecule has 2 rings (SSSR count). The Morgan fingerprint density at radius 1 is 1.26 bits per heavy atom. The maximum Gasteiger partial charge on any atom is 0.0539 e. The molecule has 3 nitrogen and oxygen atoms in total. The monoisotopic (exact) mass is 275 g/mol. The highest BCUT2D eigenvalue weighted by Gasteiger charge is 2.02. The Balaban J connectivity index is 1.97. The molecular weight excluding hydrogens is 254 g/mol. The number of hydrogen-bond donors (Lipinski definition) is 1. The second-order valence-electron chi connectivity index (χ2n) is 4.39. The fourth-order valence-electron chi connectivity index (χ4n) is 1.94. The van der Waals surface area contributed by atoms with Gasteiger partial charge in [0.2, 0.25) is 0 Å². The lowest BCUT2D eigenvalue weighted by atomic mass is 10.3. The molecule has 0 bridgehead atoms. The number of rotatable bonds is 7. The number of hydrogen-bond acceptors (Lipinski definition) is 3. The number of aromatic nitrogens is 2. The van der Waals surface area contributed by atoms with Gasteiger partial charge in [-0.1, -0.05) is 26.0 Å². The Kier molecular flexibility index (Phi) is 5.33. The van der Waals surface area contributed by atoms with Crippen molar-refractivity contribution in [3.8, 4) is 0 Å². The van der Waals surface area contributed by atoms with E-state index >= 15 is 0 Å². The zero-order valence-electron chi connectivity index (χ0n) is 11.6. The number of nitrogens with one attached hydrogen (secondary N) is 1. The first-order chi connectivity index (χ1) is 9.33. The normalized spacial score (nSPS) is 10.6. The molecule has 1 aromatic carbocycles. The molecule has 0 aliphatic carbocycles. The van der Waals surface area contributed by atoms with Gasteiger partial charge in [0, 0.05) is 35.4 Å². The summed E-state index contributed by atoms with van der Waals surface area (Å²) in [5.74, 6) is 1.09. The van der Waals surface area contributed by atoms with Gasteiger partial charge in [-0.05, 0) is 24.3 Å². The second-order valence-corrected chi connectivity index (χ2v) is 5.70. The van der Waals surface area contributed by atoms with Crippen LogP contribution in [0.1, 0.15) is 25.8 Å². The van der Waals surface area contributed by atoms with Crippen molar-refractivity contribution in [2.45, 2.75) is 38.3 Å². The summed E-state index contributed by atoms with van der Waals surface area (Å²) in [7, 11) is 0. The average Bonchev–Trinajstić information content (AvgIpc) is 2.86. The molecule has 2 aromatic rings. The van der Waals surface area contributed by atoms with Crippen LogP contribution in [0.4, 0.5) is 5.69 Å². The van der Waals surface area contributed by atoms with Crippen molar-refractivity contribution in [1.82, 2.24) is 9.78 Å². The molecule has 0 amide bonds. The zero-order valence-corrected chi connectivity index (χ0v) is 12.4. The lowest BCUT2D eigenvalue weighted by Crippen LogP contribution is -2.00. The van der Waals surface area contributed by atoms with Gasteiger partial charge in [-0.3, -0.25) is 4.68 Å². The van der Waals surface area contributed by atoms with Crippen molar-refractivity contribution in [2.24, 2.45) is 0 Å². The van der Waals surface area contributed by atoms with Crippen molar-refractivity contribution in [3.05, 3.63) is 42.2 Å². The number of aryl methyl sites for hydroxylation is 1. The standard InChI is InChI=1S/C15H21N3S/c1-3-9-18-12-13(11-17-18)10-16-14-7-5-6-8-15(14)19-4-2/h5-8,11-12,16H,3-4,9-10H2,1-2H3. The van der Waals surface area contributed by atoms with E-state index in [-0.39, 0.29) is 0 Å². The summed E-state index contributed by atoms with van der Waals surface area (Å²) in [6.07, 6.45) is 5.18. The van der Waals surface area contributed by atoms with Gasteiger partial charge in [0.25, 0.3) is 0 Å². The zero-order chi connectivity index (χ0) is 13.5. The van der Waals surface area contributed by atoms with Crippen LogP contribution >= 0.6 is 11.8 Å². The summed E-state index contributed by atoms with van der Waals surface area (Å²) in [5.41, 5.74) is 2.43. The quantitative estimate of drug-likeness (QED) is 0.774. The maximum absolute atomic E-state index is 4.35. The van der Waals surface area contributed by atoms with Crippen molar-refractivity contribution in [2.75, 3.05) is 11.1 Å². The molecule has 0 spiro atoms. The van der Waals surface area contributed by atoms with E-state index in [4.69, 9.17) is 0 Å². The third kappa shape index (κ3) is 4.03. The number of para-hydroxylation sites is 1. The van der Waals surface area contributed by atoms with Gasteiger partial charge < -0.3 is 5.32 Å². The Morgan fingerprint density at radius 3 is 2.89 bits per heavy atom. The summed E-state index contributed by atoms with van der Waals surface area (Å²) in [4.78, 5) is 1.31. The van der Waals surface area contributed by atoms with E-state index in [0.29, 0.717) is 0 Å². The van der Waals surface area contributed by atoms with Gasteiger partial charge in [-0.25, -0.2) is 0 Å². The maximum atomic E-state index is 4.35. The van der Waals surface area contributed by atoms with E-state index in [1.165, 1.54) is 16.1 Å². The Bertz CT molecular complexity index is 508. The van der Waals surface area contributed by atoms with Crippen molar-refractivity contribution in [1.29, 1.82) is 0 Å². The summed E-state index contributed by atoms with van der Waals surface area (Å²) in [6.45, 7) is 6.15. The molecule has 19 heavy (non-hydrogen) atoms. The van der Waals surface area contributed by atoms with Crippen molar-refractivity contribution in [3.63, 3.8) is 0 Å². The molecule has 4 heteroatoms. The highest BCUT2D eigenvalue weighted by Crippen LogP contribution is 2.26. The number of thioether (sulfide) groups is 1. The minimum absolute atomic E-state index is 0.824. The predicted molar refractivity (Wildman–Crippen MR) is 82.7 cm³/mol. The summed E-state index contributed by atoms with van der Waals surface area (Å²) in [5, 5.41) is 7.84. The van der Waals surface area contributed by atoms with E-state index in [1.54, 1.807) is 0 Å².